The summed E-state index contributed by atoms with van der Waals surface area (Å²) in [5.41, 5.74) is 3.94. The fourth-order valence-corrected chi connectivity index (χ4v) is 3.34. The predicted octanol–water partition coefficient (Wildman–Crippen LogP) is 4.89. The topological polar surface area (TPSA) is 21.3 Å². The number of hydrogen-bond acceptors (Lipinski definition) is 2. The van der Waals surface area contributed by atoms with Gasteiger partial charge in [-0.2, -0.15) is 0 Å². The van der Waals surface area contributed by atoms with E-state index in [2.05, 4.69) is 66.8 Å². The third-order valence-corrected chi connectivity index (χ3v) is 4.82. The van der Waals surface area contributed by atoms with Gasteiger partial charge in [-0.1, -0.05) is 67.9 Å². The number of ether oxygens (including phenoxy) is 1. The van der Waals surface area contributed by atoms with E-state index < -0.39 is 0 Å². The van der Waals surface area contributed by atoms with Crippen LogP contribution in [0.4, 0.5) is 0 Å². The molecule has 0 amide bonds. The normalized spacial score (nSPS) is 16.9. The molecule has 0 aliphatic carbocycles. The molecule has 0 saturated carbocycles. The molecule has 0 spiro atoms. The Bertz CT molecular complexity index is 587. The van der Waals surface area contributed by atoms with Gasteiger partial charge >= 0.3 is 0 Å². The number of piperidine rings is 1. The van der Waals surface area contributed by atoms with Gasteiger partial charge in [0.05, 0.1) is 6.10 Å². The maximum Gasteiger partial charge on any atom is 0.108 e. The van der Waals surface area contributed by atoms with Crippen LogP contribution in [0.1, 0.15) is 55.4 Å². The lowest BCUT2D eigenvalue weighted by Crippen LogP contribution is -2.33. The van der Waals surface area contributed by atoms with Crippen LogP contribution in [0.2, 0.25) is 0 Å². The Hall–Kier alpha value is -1.64. The Morgan fingerprint density at radius 1 is 0.958 bits per heavy atom. The first-order chi connectivity index (χ1) is 11.9. The van der Waals surface area contributed by atoms with Gasteiger partial charge in [0.15, 0.2) is 0 Å². The van der Waals surface area contributed by atoms with E-state index >= 15 is 0 Å². The van der Waals surface area contributed by atoms with Crippen LogP contribution in [0.3, 0.4) is 0 Å². The average molecular weight is 323 g/mol. The number of aryl methyl sites for hydroxylation is 1. The van der Waals surface area contributed by atoms with Gasteiger partial charge in [-0.25, -0.2) is 0 Å². The van der Waals surface area contributed by atoms with E-state index in [0.717, 1.165) is 25.9 Å². The molecule has 2 aromatic rings. The van der Waals surface area contributed by atoms with Gasteiger partial charge < -0.3 is 10.1 Å². The van der Waals surface area contributed by atoms with Gasteiger partial charge in [-0.05, 0) is 55.5 Å². The maximum absolute atomic E-state index is 6.54. The Balaban J connectivity index is 1.78. The van der Waals surface area contributed by atoms with Crippen molar-refractivity contribution >= 4 is 0 Å². The van der Waals surface area contributed by atoms with Crippen LogP contribution < -0.4 is 5.32 Å². The highest BCUT2D eigenvalue weighted by atomic mass is 16.5. The molecule has 1 atom stereocenters. The first-order valence-electron chi connectivity index (χ1n) is 9.37. The van der Waals surface area contributed by atoms with Crippen molar-refractivity contribution in [2.75, 3.05) is 13.1 Å². The van der Waals surface area contributed by atoms with Gasteiger partial charge in [0.1, 0.15) is 6.10 Å². The molecule has 1 heterocycles. The van der Waals surface area contributed by atoms with Crippen molar-refractivity contribution in [2.24, 2.45) is 0 Å². The van der Waals surface area contributed by atoms with Crippen molar-refractivity contribution in [1.29, 1.82) is 0 Å². The number of benzene rings is 2. The minimum Gasteiger partial charge on any atom is -0.365 e. The first kappa shape index (κ1) is 17.2. The average Bonchev–Trinajstić information content (AvgIpc) is 2.66. The summed E-state index contributed by atoms with van der Waals surface area (Å²) in [7, 11) is 0. The smallest absolute Gasteiger partial charge is 0.108 e. The highest BCUT2D eigenvalue weighted by Crippen LogP contribution is 2.29. The first-order valence-corrected chi connectivity index (χ1v) is 9.37. The number of rotatable bonds is 7. The van der Waals surface area contributed by atoms with Crippen molar-refractivity contribution in [3.8, 4) is 0 Å². The number of nitrogens with one attached hydrogen (secondary N) is 1. The second-order valence-corrected chi connectivity index (χ2v) is 6.72. The van der Waals surface area contributed by atoms with Gasteiger partial charge in [-0.3, -0.25) is 0 Å². The second kappa shape index (κ2) is 9.00. The Labute approximate surface area is 146 Å². The SMILES string of the molecule is CCCCc1ccc(C(OC2CCNCC2)c2ccccc2)cc1. The summed E-state index contributed by atoms with van der Waals surface area (Å²) in [6.45, 7) is 4.36. The molecule has 3 rings (SSSR count). The summed E-state index contributed by atoms with van der Waals surface area (Å²) in [5, 5.41) is 3.41. The highest BCUT2D eigenvalue weighted by Gasteiger charge is 2.21. The molecule has 2 heteroatoms. The molecule has 1 aliphatic heterocycles. The maximum atomic E-state index is 6.54. The molecule has 2 nitrogen and oxygen atoms in total. The monoisotopic (exact) mass is 323 g/mol. The number of hydrogen-bond donors (Lipinski definition) is 1. The minimum atomic E-state index is 0.0366. The third kappa shape index (κ3) is 4.68. The zero-order valence-electron chi connectivity index (χ0n) is 14.7. The lowest BCUT2D eigenvalue weighted by molar-refractivity contribution is -0.00805. The Kier molecular flexibility index (Phi) is 6.45. The summed E-state index contributed by atoms with van der Waals surface area (Å²) in [6.07, 6.45) is 6.24. The summed E-state index contributed by atoms with van der Waals surface area (Å²) >= 11 is 0. The van der Waals surface area contributed by atoms with Gasteiger partial charge in [0, 0.05) is 0 Å². The Morgan fingerprint density at radius 2 is 1.62 bits per heavy atom. The van der Waals surface area contributed by atoms with Crippen molar-refractivity contribution in [1.82, 2.24) is 5.32 Å². The van der Waals surface area contributed by atoms with Gasteiger partial charge in [0.2, 0.25) is 0 Å². The molecule has 128 valence electrons. The molecule has 1 unspecified atom stereocenters. The van der Waals surface area contributed by atoms with Crippen LogP contribution in [0.15, 0.2) is 54.6 Å². The largest absolute Gasteiger partial charge is 0.365 e. The van der Waals surface area contributed by atoms with E-state index in [9.17, 15) is 0 Å². The molecule has 24 heavy (non-hydrogen) atoms. The van der Waals surface area contributed by atoms with E-state index in [4.69, 9.17) is 4.74 Å². The summed E-state index contributed by atoms with van der Waals surface area (Å²) in [6, 6.07) is 19.7. The molecule has 1 saturated heterocycles. The molecule has 0 aromatic heterocycles. The molecule has 0 radical (unpaired) electrons. The molecular formula is C22H29NO. The zero-order chi connectivity index (χ0) is 16.6. The van der Waals surface area contributed by atoms with E-state index in [0.29, 0.717) is 6.10 Å². The van der Waals surface area contributed by atoms with Gasteiger partial charge in [0.25, 0.3) is 0 Å². The quantitative estimate of drug-likeness (QED) is 0.783. The van der Waals surface area contributed by atoms with Crippen molar-refractivity contribution in [3.05, 3.63) is 71.3 Å². The van der Waals surface area contributed by atoms with Crippen LogP contribution >= 0.6 is 0 Å². The molecule has 2 aromatic carbocycles. The summed E-state index contributed by atoms with van der Waals surface area (Å²) in [5.74, 6) is 0. The van der Waals surface area contributed by atoms with Crippen molar-refractivity contribution in [2.45, 2.75) is 51.2 Å². The van der Waals surface area contributed by atoms with Crippen molar-refractivity contribution < 1.29 is 4.74 Å². The van der Waals surface area contributed by atoms with E-state index in [1.54, 1.807) is 0 Å². The standard InChI is InChI=1S/C22H29NO/c1-2-3-7-18-10-12-20(13-11-18)22(19-8-5-4-6-9-19)24-21-14-16-23-17-15-21/h4-6,8-13,21-23H,2-3,7,14-17H2,1H3. The van der Waals surface area contributed by atoms with Gasteiger partial charge in [-0.15, -0.1) is 0 Å². The molecule has 1 N–H and O–H groups in total. The Morgan fingerprint density at radius 3 is 2.29 bits per heavy atom. The van der Waals surface area contributed by atoms with E-state index in [-0.39, 0.29) is 6.10 Å². The third-order valence-electron chi connectivity index (χ3n) is 4.82. The molecule has 1 aliphatic rings. The minimum absolute atomic E-state index is 0.0366. The highest BCUT2D eigenvalue weighted by molar-refractivity contribution is 5.32. The lowest BCUT2D eigenvalue weighted by Gasteiger charge is -2.29. The van der Waals surface area contributed by atoms with Crippen molar-refractivity contribution in [3.63, 3.8) is 0 Å². The van der Waals surface area contributed by atoms with Crippen LogP contribution in [0, 0.1) is 0 Å². The van der Waals surface area contributed by atoms with E-state index in [1.807, 2.05) is 0 Å². The molecule has 1 fully saturated rings. The van der Waals surface area contributed by atoms with Crippen LogP contribution in [0.5, 0.6) is 0 Å². The molecular weight excluding hydrogens is 294 g/mol. The molecule has 0 bridgehead atoms. The number of unbranched alkanes of at least 4 members (excludes halogenated alkanes) is 1. The summed E-state index contributed by atoms with van der Waals surface area (Å²) in [4.78, 5) is 0. The fourth-order valence-electron chi connectivity index (χ4n) is 3.34. The fraction of sp³-hybridized carbons (Fsp3) is 0.455. The lowest BCUT2D eigenvalue weighted by atomic mass is 9.98. The summed E-state index contributed by atoms with van der Waals surface area (Å²) < 4.78 is 6.54. The predicted molar refractivity (Wildman–Crippen MR) is 100 cm³/mol. The van der Waals surface area contributed by atoms with Crippen LogP contribution in [0.25, 0.3) is 0 Å². The van der Waals surface area contributed by atoms with Crippen LogP contribution in [-0.4, -0.2) is 19.2 Å². The van der Waals surface area contributed by atoms with E-state index in [1.165, 1.54) is 36.0 Å². The zero-order valence-corrected chi connectivity index (χ0v) is 14.7. The second-order valence-electron chi connectivity index (χ2n) is 6.72. The van der Waals surface area contributed by atoms with Crippen LogP contribution in [-0.2, 0) is 11.2 Å².